The van der Waals surface area contributed by atoms with Crippen LogP contribution < -0.4 is 0 Å². The number of hydrogen-bond acceptors (Lipinski definition) is 2. The molecule has 11 rings (SSSR count). The fraction of sp³-hybridized carbons (Fsp3) is 0. The molecule has 9 aromatic carbocycles. The van der Waals surface area contributed by atoms with E-state index in [1.165, 1.54) is 32.7 Å². The first-order valence-electron chi connectivity index (χ1n) is 17.8. The number of hydrogen-bond donors (Lipinski definition) is 0. The molecule has 0 unspecified atom stereocenters. The lowest BCUT2D eigenvalue weighted by atomic mass is 9.85. The van der Waals surface area contributed by atoms with E-state index in [1.54, 1.807) is 0 Å². The zero-order chi connectivity index (χ0) is 34.2. The molecule has 2 nitrogen and oxygen atoms in total. The van der Waals surface area contributed by atoms with Crippen molar-refractivity contribution in [1.82, 2.24) is 0 Å². The van der Waals surface area contributed by atoms with Gasteiger partial charge in [-0.3, -0.25) is 0 Å². The van der Waals surface area contributed by atoms with Gasteiger partial charge in [-0.05, 0) is 79.2 Å². The lowest BCUT2D eigenvalue weighted by molar-refractivity contribution is 0.670. The molecule has 0 N–H and O–H groups in total. The van der Waals surface area contributed by atoms with Crippen molar-refractivity contribution in [2.24, 2.45) is 0 Å². The van der Waals surface area contributed by atoms with Gasteiger partial charge in [-0.1, -0.05) is 158 Å². The van der Waals surface area contributed by atoms with E-state index in [1.807, 2.05) is 12.1 Å². The molecule has 0 bridgehead atoms. The Labute approximate surface area is 299 Å². The van der Waals surface area contributed by atoms with Crippen LogP contribution in [0.15, 0.2) is 191 Å². The summed E-state index contributed by atoms with van der Waals surface area (Å²) in [6.07, 6.45) is 0. The molecule has 0 atom stereocenters. The van der Waals surface area contributed by atoms with E-state index in [0.29, 0.717) is 0 Å². The summed E-state index contributed by atoms with van der Waals surface area (Å²) in [5.41, 5.74) is 12.8. The molecule has 0 spiro atoms. The number of para-hydroxylation sites is 2. The molecule has 0 radical (unpaired) electrons. The van der Waals surface area contributed by atoms with Crippen molar-refractivity contribution in [3.8, 4) is 44.5 Å². The first-order valence-corrected chi connectivity index (χ1v) is 17.8. The number of benzene rings is 9. The smallest absolute Gasteiger partial charge is 0.143 e. The SMILES string of the molecule is c1ccc(-c2cccc3c2oc2cc(-c4c5ccccc5c(-c5ccc6c(c5)oc5c(-c7ccccc7)cccc56)c5ccccc45)ccc23)cc1. The highest BCUT2D eigenvalue weighted by Gasteiger charge is 2.20. The highest BCUT2D eigenvalue weighted by atomic mass is 16.3. The van der Waals surface area contributed by atoms with Gasteiger partial charge in [0.25, 0.3) is 0 Å². The van der Waals surface area contributed by atoms with Crippen LogP contribution in [0.2, 0.25) is 0 Å². The van der Waals surface area contributed by atoms with Crippen LogP contribution >= 0.6 is 0 Å². The molecular formula is C50H30O2. The highest BCUT2D eigenvalue weighted by molar-refractivity contribution is 6.23. The van der Waals surface area contributed by atoms with Crippen LogP contribution in [0.25, 0.3) is 110 Å². The van der Waals surface area contributed by atoms with Crippen molar-refractivity contribution in [2.45, 2.75) is 0 Å². The standard InChI is InChI=1S/C50H30O2/c1-3-13-31(14-4-1)35-21-11-23-43-37-27-25-33(29-45(37)51-49(35)43)47-39-17-7-9-19-41(39)48(42-20-10-8-18-40(42)47)34-26-28-38-44-24-12-22-36(32-15-5-2-6-16-32)50(44)52-46(38)30-34/h1-30H. The lowest BCUT2D eigenvalue weighted by Crippen LogP contribution is -1.90. The first-order chi connectivity index (χ1) is 25.8. The molecule has 0 aliphatic carbocycles. The maximum Gasteiger partial charge on any atom is 0.143 e. The predicted molar refractivity (Wildman–Crippen MR) is 218 cm³/mol. The average Bonchev–Trinajstić information content (AvgIpc) is 3.78. The Balaban J connectivity index is 1.12. The summed E-state index contributed by atoms with van der Waals surface area (Å²) in [5.74, 6) is 0. The molecule has 0 fully saturated rings. The summed E-state index contributed by atoms with van der Waals surface area (Å²) in [5, 5.41) is 9.31. The summed E-state index contributed by atoms with van der Waals surface area (Å²) < 4.78 is 13.4. The molecule has 2 heterocycles. The maximum atomic E-state index is 6.71. The van der Waals surface area contributed by atoms with Crippen LogP contribution in [0.3, 0.4) is 0 Å². The summed E-state index contributed by atoms with van der Waals surface area (Å²) >= 11 is 0. The van der Waals surface area contributed by atoms with E-state index in [4.69, 9.17) is 8.83 Å². The Morgan fingerprint density at radius 1 is 0.250 bits per heavy atom. The summed E-state index contributed by atoms with van der Waals surface area (Å²) in [4.78, 5) is 0. The van der Waals surface area contributed by atoms with Crippen LogP contribution in [-0.2, 0) is 0 Å². The molecule has 0 saturated heterocycles. The molecule has 0 aliphatic rings. The second-order valence-corrected chi connectivity index (χ2v) is 13.6. The van der Waals surface area contributed by atoms with E-state index >= 15 is 0 Å². The third kappa shape index (κ3) is 4.31. The predicted octanol–water partition coefficient (Wildman–Crippen LogP) is 14.5. The molecular weight excluding hydrogens is 633 g/mol. The molecule has 0 aliphatic heterocycles. The Bertz CT molecular complexity index is 2890. The quantitative estimate of drug-likeness (QED) is 0.175. The van der Waals surface area contributed by atoms with Gasteiger partial charge in [0.05, 0.1) is 0 Å². The number of fused-ring (bicyclic) bond motifs is 8. The zero-order valence-electron chi connectivity index (χ0n) is 28.1. The highest BCUT2D eigenvalue weighted by Crippen LogP contribution is 2.46. The number of rotatable bonds is 4. The largest absolute Gasteiger partial charge is 0.455 e. The number of furan rings is 2. The maximum absolute atomic E-state index is 6.71. The Morgan fingerprint density at radius 2 is 0.615 bits per heavy atom. The van der Waals surface area contributed by atoms with Gasteiger partial charge < -0.3 is 8.83 Å². The second kappa shape index (κ2) is 11.3. The average molecular weight is 663 g/mol. The van der Waals surface area contributed by atoms with E-state index < -0.39 is 0 Å². The minimum absolute atomic E-state index is 0.887. The van der Waals surface area contributed by atoms with Gasteiger partial charge in [0.1, 0.15) is 22.3 Å². The lowest BCUT2D eigenvalue weighted by Gasteiger charge is -2.17. The topological polar surface area (TPSA) is 26.3 Å². The van der Waals surface area contributed by atoms with Crippen LogP contribution in [-0.4, -0.2) is 0 Å². The molecule has 0 amide bonds. The Hall–Kier alpha value is -6.90. The van der Waals surface area contributed by atoms with Crippen molar-refractivity contribution >= 4 is 65.4 Å². The van der Waals surface area contributed by atoms with Gasteiger partial charge in [-0.15, -0.1) is 0 Å². The first kappa shape index (κ1) is 28.9. The van der Waals surface area contributed by atoms with E-state index in [2.05, 4.69) is 170 Å². The molecule has 2 heteroatoms. The fourth-order valence-corrected chi connectivity index (χ4v) is 8.35. The summed E-state index contributed by atoms with van der Waals surface area (Å²) in [6.45, 7) is 0. The van der Waals surface area contributed by atoms with Crippen molar-refractivity contribution < 1.29 is 8.83 Å². The molecule has 52 heavy (non-hydrogen) atoms. The van der Waals surface area contributed by atoms with Crippen LogP contribution in [0.4, 0.5) is 0 Å². The van der Waals surface area contributed by atoms with Crippen molar-refractivity contribution in [3.63, 3.8) is 0 Å². The Kier molecular flexibility index (Phi) is 6.28. The molecule has 2 aromatic heterocycles. The van der Waals surface area contributed by atoms with Crippen LogP contribution in [0.5, 0.6) is 0 Å². The van der Waals surface area contributed by atoms with Crippen molar-refractivity contribution in [2.75, 3.05) is 0 Å². The van der Waals surface area contributed by atoms with Crippen LogP contribution in [0, 0.1) is 0 Å². The minimum Gasteiger partial charge on any atom is -0.455 e. The third-order valence-electron chi connectivity index (χ3n) is 10.7. The Morgan fingerprint density at radius 3 is 1.02 bits per heavy atom. The van der Waals surface area contributed by atoms with Gasteiger partial charge in [0.2, 0.25) is 0 Å². The monoisotopic (exact) mass is 662 g/mol. The van der Waals surface area contributed by atoms with Crippen molar-refractivity contribution in [1.29, 1.82) is 0 Å². The van der Waals surface area contributed by atoms with E-state index in [0.717, 1.165) is 77.3 Å². The summed E-state index contributed by atoms with van der Waals surface area (Å²) in [6, 6.07) is 64.8. The van der Waals surface area contributed by atoms with Crippen LogP contribution in [0.1, 0.15) is 0 Å². The summed E-state index contributed by atoms with van der Waals surface area (Å²) in [7, 11) is 0. The fourth-order valence-electron chi connectivity index (χ4n) is 8.35. The molecule has 0 saturated carbocycles. The van der Waals surface area contributed by atoms with Gasteiger partial charge in [-0.25, -0.2) is 0 Å². The van der Waals surface area contributed by atoms with Gasteiger partial charge >= 0.3 is 0 Å². The zero-order valence-corrected chi connectivity index (χ0v) is 28.1. The van der Waals surface area contributed by atoms with E-state index in [-0.39, 0.29) is 0 Å². The molecule has 11 aromatic rings. The van der Waals surface area contributed by atoms with Gasteiger partial charge in [0.15, 0.2) is 0 Å². The minimum atomic E-state index is 0.887. The van der Waals surface area contributed by atoms with Gasteiger partial charge in [0, 0.05) is 32.7 Å². The van der Waals surface area contributed by atoms with E-state index in [9.17, 15) is 0 Å². The second-order valence-electron chi connectivity index (χ2n) is 13.6. The molecule has 242 valence electrons. The van der Waals surface area contributed by atoms with Gasteiger partial charge in [-0.2, -0.15) is 0 Å². The van der Waals surface area contributed by atoms with Crippen molar-refractivity contribution in [3.05, 3.63) is 182 Å². The third-order valence-corrected chi connectivity index (χ3v) is 10.7. The normalized spacial score (nSPS) is 11.8.